The molecule has 0 saturated heterocycles. The summed E-state index contributed by atoms with van der Waals surface area (Å²) in [7, 11) is 1.64. The van der Waals surface area contributed by atoms with Gasteiger partial charge in [0.05, 0.1) is 30.6 Å². The molecule has 2 heterocycles. The molecule has 2 aromatic carbocycles. The molecule has 6 heteroatoms. The van der Waals surface area contributed by atoms with Gasteiger partial charge in [0, 0.05) is 12.6 Å². The largest absolute Gasteiger partial charge is 0.497 e. The molecule has 5 rings (SSSR count). The highest BCUT2D eigenvalue weighted by atomic mass is 16.5. The number of pyridine rings is 2. The van der Waals surface area contributed by atoms with Gasteiger partial charge >= 0.3 is 0 Å². The van der Waals surface area contributed by atoms with Crippen LogP contribution in [0.4, 0.5) is 5.69 Å². The van der Waals surface area contributed by atoms with Gasteiger partial charge in [-0.1, -0.05) is 36.4 Å². The van der Waals surface area contributed by atoms with Crippen molar-refractivity contribution in [1.29, 1.82) is 0 Å². The number of hydrogen-bond acceptors (Lipinski definition) is 5. The number of benzene rings is 2. The molecule has 0 aliphatic heterocycles. The van der Waals surface area contributed by atoms with Crippen molar-refractivity contribution in [2.45, 2.75) is 39.0 Å². The molecule has 1 aliphatic rings. The SMILES string of the molecule is CCn1cc(OCc2ccc(OC)cc2)c(=O)c2cc(NC3Cc4ccccc4C3)cnc21. The number of nitrogens with one attached hydrogen (secondary N) is 1. The lowest BCUT2D eigenvalue weighted by Gasteiger charge is -2.16. The zero-order valence-electron chi connectivity index (χ0n) is 18.9. The lowest BCUT2D eigenvalue weighted by molar-refractivity contribution is 0.301. The number of aryl methyl sites for hydroxylation is 1. The van der Waals surface area contributed by atoms with E-state index >= 15 is 0 Å². The molecule has 33 heavy (non-hydrogen) atoms. The number of hydrogen-bond donors (Lipinski definition) is 1. The predicted molar refractivity (Wildman–Crippen MR) is 130 cm³/mol. The Hall–Kier alpha value is -3.80. The fourth-order valence-electron chi connectivity index (χ4n) is 4.45. The van der Waals surface area contributed by atoms with E-state index in [1.807, 2.05) is 48.0 Å². The van der Waals surface area contributed by atoms with Crippen LogP contribution >= 0.6 is 0 Å². The molecule has 0 amide bonds. The van der Waals surface area contributed by atoms with Crippen molar-refractivity contribution in [3.63, 3.8) is 0 Å². The average Bonchev–Trinajstić information content (AvgIpc) is 3.26. The third-order valence-corrected chi connectivity index (χ3v) is 6.20. The fraction of sp³-hybridized carbons (Fsp3) is 0.259. The van der Waals surface area contributed by atoms with Gasteiger partial charge in [-0.3, -0.25) is 4.79 Å². The molecular weight excluding hydrogens is 414 g/mol. The van der Waals surface area contributed by atoms with Crippen molar-refractivity contribution < 1.29 is 9.47 Å². The van der Waals surface area contributed by atoms with Crippen LogP contribution in [-0.2, 0) is 26.0 Å². The Kier molecular flexibility index (Phi) is 5.73. The standard InChI is InChI=1S/C27H27N3O3/c1-3-30-16-25(33-17-18-8-10-23(32-2)11-9-18)26(31)24-14-22(15-28-27(24)30)29-21-12-19-6-4-5-7-20(19)13-21/h4-11,14-16,21,29H,3,12-13,17H2,1-2H3. The molecule has 0 unspecified atom stereocenters. The molecule has 4 aromatic rings. The minimum Gasteiger partial charge on any atom is -0.497 e. The first-order valence-corrected chi connectivity index (χ1v) is 11.3. The van der Waals surface area contributed by atoms with Crippen LogP contribution in [0.1, 0.15) is 23.6 Å². The van der Waals surface area contributed by atoms with E-state index < -0.39 is 0 Å². The van der Waals surface area contributed by atoms with Crippen LogP contribution in [-0.4, -0.2) is 22.7 Å². The van der Waals surface area contributed by atoms with Crippen molar-refractivity contribution in [2.75, 3.05) is 12.4 Å². The average molecular weight is 442 g/mol. The van der Waals surface area contributed by atoms with Gasteiger partial charge in [-0.2, -0.15) is 0 Å². The highest BCUT2D eigenvalue weighted by molar-refractivity contribution is 5.80. The number of aromatic nitrogens is 2. The molecular formula is C27H27N3O3. The van der Waals surface area contributed by atoms with Crippen molar-refractivity contribution in [2.24, 2.45) is 0 Å². The fourth-order valence-corrected chi connectivity index (χ4v) is 4.45. The molecule has 2 aromatic heterocycles. The summed E-state index contributed by atoms with van der Waals surface area (Å²) in [6, 6.07) is 18.4. The molecule has 0 atom stereocenters. The third-order valence-electron chi connectivity index (χ3n) is 6.20. The lowest BCUT2D eigenvalue weighted by Crippen LogP contribution is -2.20. The number of ether oxygens (including phenoxy) is 2. The number of fused-ring (bicyclic) bond motifs is 2. The summed E-state index contributed by atoms with van der Waals surface area (Å²) in [5.74, 6) is 1.11. The van der Waals surface area contributed by atoms with Gasteiger partial charge in [0.15, 0.2) is 5.75 Å². The van der Waals surface area contributed by atoms with Gasteiger partial charge in [0.25, 0.3) is 0 Å². The van der Waals surface area contributed by atoms with Gasteiger partial charge in [-0.05, 0) is 54.7 Å². The Balaban J connectivity index is 1.40. The van der Waals surface area contributed by atoms with E-state index in [2.05, 4.69) is 34.6 Å². The van der Waals surface area contributed by atoms with E-state index in [1.165, 1.54) is 11.1 Å². The maximum Gasteiger partial charge on any atom is 0.232 e. The molecule has 168 valence electrons. The summed E-state index contributed by atoms with van der Waals surface area (Å²) in [4.78, 5) is 17.9. The van der Waals surface area contributed by atoms with E-state index in [1.54, 1.807) is 13.3 Å². The Morgan fingerprint density at radius 2 is 1.82 bits per heavy atom. The monoisotopic (exact) mass is 441 g/mol. The molecule has 0 fully saturated rings. The van der Waals surface area contributed by atoms with E-state index in [-0.39, 0.29) is 5.43 Å². The summed E-state index contributed by atoms with van der Waals surface area (Å²) in [5.41, 5.74) is 5.10. The summed E-state index contributed by atoms with van der Waals surface area (Å²) < 4.78 is 13.1. The molecule has 0 radical (unpaired) electrons. The van der Waals surface area contributed by atoms with Crippen LogP contribution in [0.15, 0.2) is 71.8 Å². The maximum absolute atomic E-state index is 13.3. The van der Waals surface area contributed by atoms with E-state index in [0.29, 0.717) is 36.0 Å². The van der Waals surface area contributed by atoms with Crippen molar-refractivity contribution >= 4 is 16.7 Å². The number of nitrogens with zero attached hydrogens (tertiary/aromatic N) is 2. The van der Waals surface area contributed by atoms with Crippen molar-refractivity contribution in [3.8, 4) is 11.5 Å². The summed E-state index contributed by atoms with van der Waals surface area (Å²) in [6.45, 7) is 3.02. The smallest absolute Gasteiger partial charge is 0.232 e. The minimum atomic E-state index is -0.144. The summed E-state index contributed by atoms with van der Waals surface area (Å²) in [5, 5.41) is 4.13. The van der Waals surface area contributed by atoms with Crippen molar-refractivity contribution in [1.82, 2.24) is 9.55 Å². The quantitative estimate of drug-likeness (QED) is 0.455. The number of rotatable bonds is 7. The van der Waals surface area contributed by atoms with E-state index in [4.69, 9.17) is 9.47 Å². The van der Waals surface area contributed by atoms with Gasteiger partial charge < -0.3 is 19.4 Å². The second-order valence-electron chi connectivity index (χ2n) is 8.36. The summed E-state index contributed by atoms with van der Waals surface area (Å²) in [6.07, 6.45) is 5.51. The molecule has 6 nitrogen and oxygen atoms in total. The maximum atomic E-state index is 13.3. The molecule has 0 bridgehead atoms. The van der Waals surface area contributed by atoms with Crippen molar-refractivity contribution in [3.05, 3.63) is 93.9 Å². The first kappa shape index (κ1) is 21.1. The highest BCUT2D eigenvalue weighted by Crippen LogP contribution is 2.25. The summed E-state index contributed by atoms with van der Waals surface area (Å²) >= 11 is 0. The van der Waals surface area contributed by atoms with Gasteiger partial charge in [-0.25, -0.2) is 4.98 Å². The number of methoxy groups -OCH3 is 1. The van der Waals surface area contributed by atoms with Crippen LogP contribution in [0, 0.1) is 0 Å². The van der Waals surface area contributed by atoms with Gasteiger partial charge in [0.1, 0.15) is 18.0 Å². The van der Waals surface area contributed by atoms with Crippen LogP contribution in [0.2, 0.25) is 0 Å². The molecule has 1 N–H and O–H groups in total. The normalized spacial score (nSPS) is 13.2. The highest BCUT2D eigenvalue weighted by Gasteiger charge is 2.21. The zero-order valence-corrected chi connectivity index (χ0v) is 18.9. The second-order valence-corrected chi connectivity index (χ2v) is 8.36. The molecule has 1 aliphatic carbocycles. The molecule has 0 spiro atoms. The Bertz CT molecular complexity index is 1320. The Morgan fingerprint density at radius 3 is 2.48 bits per heavy atom. The predicted octanol–water partition coefficient (Wildman–Crippen LogP) is 4.58. The number of anilines is 1. The van der Waals surface area contributed by atoms with Crippen LogP contribution in [0.5, 0.6) is 11.5 Å². The lowest BCUT2D eigenvalue weighted by atomic mass is 10.1. The zero-order chi connectivity index (χ0) is 22.8. The first-order valence-electron chi connectivity index (χ1n) is 11.3. The van der Waals surface area contributed by atoms with E-state index in [9.17, 15) is 4.79 Å². The third kappa shape index (κ3) is 4.29. The molecule has 0 saturated carbocycles. The first-order chi connectivity index (χ1) is 16.1. The van der Waals surface area contributed by atoms with Crippen LogP contribution in [0.3, 0.4) is 0 Å². The Labute approximate surface area is 192 Å². The van der Waals surface area contributed by atoms with Crippen LogP contribution < -0.4 is 20.2 Å². The van der Waals surface area contributed by atoms with E-state index in [0.717, 1.165) is 29.8 Å². The van der Waals surface area contributed by atoms with Gasteiger partial charge in [0.2, 0.25) is 5.43 Å². The Morgan fingerprint density at radius 1 is 1.09 bits per heavy atom. The van der Waals surface area contributed by atoms with Gasteiger partial charge in [-0.15, -0.1) is 0 Å². The van der Waals surface area contributed by atoms with Crippen LogP contribution in [0.25, 0.3) is 11.0 Å². The minimum absolute atomic E-state index is 0.144. The topological polar surface area (TPSA) is 65.4 Å². The second kappa shape index (κ2) is 8.98.